The van der Waals surface area contributed by atoms with Gasteiger partial charge >= 0.3 is 6.03 Å². The van der Waals surface area contributed by atoms with Crippen LogP contribution < -0.4 is 10.2 Å². The van der Waals surface area contributed by atoms with Crippen molar-refractivity contribution in [2.45, 2.75) is 6.54 Å². The number of nitrogens with one attached hydrogen (secondary N) is 1. The van der Waals surface area contributed by atoms with Crippen molar-refractivity contribution in [3.63, 3.8) is 0 Å². The van der Waals surface area contributed by atoms with Crippen LogP contribution in [0.5, 0.6) is 0 Å². The molecule has 0 saturated carbocycles. The highest BCUT2D eigenvalue weighted by Crippen LogP contribution is 2.16. The van der Waals surface area contributed by atoms with E-state index in [0.29, 0.717) is 19.8 Å². The summed E-state index contributed by atoms with van der Waals surface area (Å²) in [7, 11) is 1.61. The number of hydrogen-bond acceptors (Lipinski definition) is 3. The van der Waals surface area contributed by atoms with Gasteiger partial charge in [-0.15, -0.1) is 0 Å². The zero-order chi connectivity index (χ0) is 16.3. The third kappa shape index (κ3) is 5.73. The first-order valence-electron chi connectivity index (χ1n) is 7.52. The van der Waals surface area contributed by atoms with Gasteiger partial charge in [0, 0.05) is 12.8 Å². The van der Waals surface area contributed by atoms with Crippen LogP contribution in [0.2, 0.25) is 0 Å². The van der Waals surface area contributed by atoms with Crippen LogP contribution in [0.15, 0.2) is 60.7 Å². The lowest BCUT2D eigenvalue weighted by atomic mass is 10.2. The van der Waals surface area contributed by atoms with E-state index in [0.717, 1.165) is 11.3 Å². The van der Waals surface area contributed by atoms with E-state index in [-0.39, 0.29) is 12.8 Å². The Labute approximate surface area is 136 Å². The van der Waals surface area contributed by atoms with E-state index >= 15 is 0 Å². The van der Waals surface area contributed by atoms with Gasteiger partial charge in [0.1, 0.15) is 6.73 Å². The Morgan fingerprint density at radius 3 is 2.30 bits per heavy atom. The summed E-state index contributed by atoms with van der Waals surface area (Å²) in [6.07, 6.45) is 0. The van der Waals surface area contributed by atoms with Gasteiger partial charge < -0.3 is 14.8 Å². The largest absolute Gasteiger partial charge is 0.382 e. The van der Waals surface area contributed by atoms with E-state index in [1.165, 1.54) is 0 Å². The molecule has 2 rings (SSSR count). The highest BCUT2D eigenvalue weighted by atomic mass is 16.5. The van der Waals surface area contributed by atoms with Crippen LogP contribution in [0.1, 0.15) is 5.56 Å². The maximum Gasteiger partial charge on any atom is 0.323 e. The summed E-state index contributed by atoms with van der Waals surface area (Å²) in [5.41, 5.74) is 1.90. The lowest BCUT2D eigenvalue weighted by Crippen LogP contribution is -2.40. The molecule has 0 radical (unpaired) electrons. The average Bonchev–Trinajstić information content (AvgIpc) is 2.61. The van der Waals surface area contributed by atoms with E-state index in [1.54, 1.807) is 12.0 Å². The zero-order valence-electron chi connectivity index (χ0n) is 13.3. The van der Waals surface area contributed by atoms with Crippen LogP contribution in [-0.2, 0) is 16.0 Å². The second-order valence-electron chi connectivity index (χ2n) is 4.93. The molecule has 0 atom stereocenters. The third-order valence-corrected chi connectivity index (χ3v) is 3.25. The van der Waals surface area contributed by atoms with Crippen molar-refractivity contribution in [2.75, 3.05) is 32.0 Å². The molecular formula is C18H22N2O3. The number of methoxy groups -OCH3 is 1. The molecule has 2 aromatic carbocycles. The van der Waals surface area contributed by atoms with Gasteiger partial charge in [0.15, 0.2) is 0 Å². The van der Waals surface area contributed by atoms with Crippen LogP contribution in [0.3, 0.4) is 0 Å². The molecule has 5 nitrogen and oxygen atoms in total. The molecule has 122 valence electrons. The van der Waals surface area contributed by atoms with Crippen LogP contribution in [0, 0.1) is 0 Å². The smallest absolute Gasteiger partial charge is 0.323 e. The molecule has 0 heterocycles. The third-order valence-electron chi connectivity index (χ3n) is 3.25. The SMILES string of the molecule is COCCOCNC(=O)N(Cc1ccccc1)c1ccccc1. The maximum absolute atomic E-state index is 12.5. The molecule has 2 amide bonds. The van der Waals surface area contributed by atoms with Gasteiger partial charge in [-0.1, -0.05) is 48.5 Å². The minimum Gasteiger partial charge on any atom is -0.382 e. The Bertz CT molecular complexity index is 575. The van der Waals surface area contributed by atoms with Crippen molar-refractivity contribution in [3.8, 4) is 0 Å². The lowest BCUT2D eigenvalue weighted by Gasteiger charge is -2.23. The van der Waals surface area contributed by atoms with Crippen molar-refractivity contribution in [3.05, 3.63) is 66.2 Å². The molecule has 0 aliphatic carbocycles. The van der Waals surface area contributed by atoms with E-state index in [1.807, 2.05) is 60.7 Å². The topological polar surface area (TPSA) is 50.8 Å². The maximum atomic E-state index is 12.5. The summed E-state index contributed by atoms with van der Waals surface area (Å²) in [6.45, 7) is 1.60. The monoisotopic (exact) mass is 314 g/mol. The molecule has 0 saturated heterocycles. The minimum atomic E-state index is -0.197. The molecule has 0 aromatic heterocycles. The molecule has 1 N–H and O–H groups in total. The zero-order valence-corrected chi connectivity index (χ0v) is 13.3. The molecule has 0 spiro atoms. The summed E-state index contributed by atoms with van der Waals surface area (Å²) < 4.78 is 10.2. The minimum absolute atomic E-state index is 0.153. The van der Waals surface area contributed by atoms with Crippen molar-refractivity contribution in [2.24, 2.45) is 0 Å². The normalized spacial score (nSPS) is 10.3. The fraction of sp³-hybridized carbons (Fsp3) is 0.278. The first-order valence-corrected chi connectivity index (χ1v) is 7.52. The Morgan fingerprint density at radius 2 is 1.65 bits per heavy atom. The number of anilines is 1. The number of benzene rings is 2. The number of amides is 2. The van der Waals surface area contributed by atoms with E-state index in [9.17, 15) is 4.79 Å². The van der Waals surface area contributed by atoms with Crippen LogP contribution >= 0.6 is 0 Å². The summed E-state index contributed by atoms with van der Waals surface area (Å²) in [5, 5.41) is 2.77. The van der Waals surface area contributed by atoms with Gasteiger partial charge in [-0.05, 0) is 17.7 Å². The Kier molecular flexibility index (Phi) is 7.10. The van der Waals surface area contributed by atoms with Gasteiger partial charge in [0.2, 0.25) is 0 Å². The number of carbonyl (C=O) groups excluding carboxylic acids is 1. The quantitative estimate of drug-likeness (QED) is 0.602. The van der Waals surface area contributed by atoms with E-state index in [2.05, 4.69) is 5.32 Å². The summed E-state index contributed by atoms with van der Waals surface area (Å²) in [6, 6.07) is 19.3. The van der Waals surface area contributed by atoms with Crippen molar-refractivity contribution in [1.29, 1.82) is 0 Å². The fourth-order valence-electron chi connectivity index (χ4n) is 2.08. The predicted octanol–water partition coefficient (Wildman–Crippen LogP) is 3.02. The summed E-state index contributed by atoms with van der Waals surface area (Å²) in [5.74, 6) is 0. The first-order chi connectivity index (χ1) is 11.3. The number of nitrogens with zero attached hydrogens (tertiary/aromatic N) is 1. The van der Waals surface area contributed by atoms with Gasteiger partial charge in [-0.3, -0.25) is 4.90 Å². The number of para-hydroxylation sites is 1. The van der Waals surface area contributed by atoms with Gasteiger partial charge in [0.25, 0.3) is 0 Å². The van der Waals surface area contributed by atoms with Crippen LogP contribution in [0.25, 0.3) is 0 Å². The molecule has 0 aliphatic rings. The Balaban J connectivity index is 2.00. The van der Waals surface area contributed by atoms with Crippen LogP contribution in [0.4, 0.5) is 10.5 Å². The lowest BCUT2D eigenvalue weighted by molar-refractivity contribution is 0.0646. The van der Waals surface area contributed by atoms with E-state index < -0.39 is 0 Å². The van der Waals surface area contributed by atoms with Gasteiger partial charge in [-0.25, -0.2) is 4.79 Å². The van der Waals surface area contributed by atoms with E-state index in [4.69, 9.17) is 9.47 Å². The highest BCUT2D eigenvalue weighted by molar-refractivity contribution is 5.91. The molecule has 0 bridgehead atoms. The Hall–Kier alpha value is -2.37. The standard InChI is InChI=1S/C18H22N2O3/c1-22-12-13-23-15-19-18(21)20(17-10-6-3-7-11-17)14-16-8-4-2-5-9-16/h2-11H,12-15H2,1H3,(H,19,21). The second-order valence-corrected chi connectivity index (χ2v) is 4.93. The number of urea groups is 1. The van der Waals surface area contributed by atoms with Crippen molar-refractivity contribution in [1.82, 2.24) is 5.32 Å². The predicted molar refractivity (Wildman–Crippen MR) is 90.3 cm³/mol. The number of hydrogen-bond donors (Lipinski definition) is 1. The fourth-order valence-corrected chi connectivity index (χ4v) is 2.08. The average molecular weight is 314 g/mol. The summed E-state index contributed by atoms with van der Waals surface area (Å²) in [4.78, 5) is 14.2. The molecule has 0 aliphatic heterocycles. The summed E-state index contributed by atoms with van der Waals surface area (Å²) >= 11 is 0. The van der Waals surface area contributed by atoms with Gasteiger partial charge in [0.05, 0.1) is 19.8 Å². The van der Waals surface area contributed by atoms with Crippen molar-refractivity contribution < 1.29 is 14.3 Å². The molecular weight excluding hydrogens is 292 g/mol. The molecule has 23 heavy (non-hydrogen) atoms. The van der Waals surface area contributed by atoms with Crippen LogP contribution in [-0.4, -0.2) is 33.1 Å². The number of ether oxygens (including phenoxy) is 2. The molecule has 5 heteroatoms. The number of carbonyl (C=O) groups is 1. The van der Waals surface area contributed by atoms with Gasteiger partial charge in [-0.2, -0.15) is 0 Å². The molecule has 0 unspecified atom stereocenters. The number of rotatable bonds is 8. The first kappa shape index (κ1) is 17.0. The Morgan fingerprint density at radius 1 is 1.00 bits per heavy atom. The highest BCUT2D eigenvalue weighted by Gasteiger charge is 2.15. The molecule has 2 aromatic rings. The van der Waals surface area contributed by atoms with Crippen molar-refractivity contribution >= 4 is 11.7 Å². The molecule has 0 fully saturated rings. The second kappa shape index (κ2) is 9.61.